The average Bonchev–Trinajstić information content (AvgIpc) is 2.63. The van der Waals surface area contributed by atoms with Crippen LogP contribution >= 0.6 is 31.4 Å². The molecule has 0 aliphatic heterocycles. The van der Waals surface area contributed by atoms with Crippen molar-refractivity contribution in [1.29, 1.82) is 0 Å². The monoisotopic (exact) mass is 432 g/mol. The van der Waals surface area contributed by atoms with Gasteiger partial charge in [0, 0.05) is 35.1 Å². The van der Waals surface area contributed by atoms with E-state index in [1.807, 2.05) is 19.1 Å². The number of hydrogen-bond donors (Lipinski definition) is 0. The van der Waals surface area contributed by atoms with E-state index in [0.29, 0.717) is 16.5 Å². The van der Waals surface area contributed by atoms with Gasteiger partial charge in [-0.05, 0) is 50.6 Å². The van der Waals surface area contributed by atoms with E-state index >= 15 is 0 Å². The first-order valence-corrected chi connectivity index (χ1v) is 12.0. The normalized spacial score (nSPS) is 20.0. The zero-order valence-corrected chi connectivity index (χ0v) is 19.0. The molecule has 146 valence electrons. The molecule has 2 aromatic heterocycles. The number of nitrogens with zero attached hydrogens (tertiary/aromatic N) is 2. The fourth-order valence-electron chi connectivity index (χ4n) is 3.78. The Bertz CT molecular complexity index is 908. The second kappa shape index (κ2) is 8.73. The van der Waals surface area contributed by atoms with E-state index in [9.17, 15) is 0 Å². The summed E-state index contributed by atoms with van der Waals surface area (Å²) in [6, 6.07) is 3.76. The Balaban J connectivity index is 2.02. The van der Waals surface area contributed by atoms with Crippen LogP contribution in [0.3, 0.4) is 0 Å². The molecule has 2 atom stereocenters. The second-order valence-corrected chi connectivity index (χ2v) is 10.2. The Labute approximate surface area is 180 Å². The molecule has 0 fully saturated rings. The van der Waals surface area contributed by atoms with Crippen LogP contribution in [0.4, 0.5) is 0 Å². The molecule has 2 radical (unpaired) electrons. The SMILES string of the molecule is [B]CCCP(C)Oc1cc(Cl)cnc1C1(C)CCc2nc(Cl)cc(C)c2C1=C. The summed E-state index contributed by atoms with van der Waals surface area (Å²) in [6.45, 7) is 10.8. The maximum atomic E-state index is 6.32. The first kappa shape index (κ1) is 21.6. The molecule has 1 aliphatic rings. The Hall–Kier alpha value is -1.09. The van der Waals surface area contributed by atoms with Gasteiger partial charge in [-0.25, -0.2) is 4.98 Å². The molecule has 0 saturated carbocycles. The minimum absolute atomic E-state index is 0.364. The molecular weight excluding hydrogens is 409 g/mol. The topological polar surface area (TPSA) is 35.0 Å². The fraction of sp³-hybridized carbons (Fsp3) is 0.429. The average molecular weight is 433 g/mol. The van der Waals surface area contributed by atoms with E-state index in [-0.39, 0.29) is 5.41 Å². The van der Waals surface area contributed by atoms with Crippen molar-refractivity contribution >= 4 is 44.8 Å². The molecule has 1 aliphatic carbocycles. The first-order valence-electron chi connectivity index (χ1n) is 9.37. The summed E-state index contributed by atoms with van der Waals surface area (Å²) >= 11 is 12.4. The van der Waals surface area contributed by atoms with E-state index in [2.05, 4.69) is 25.2 Å². The highest BCUT2D eigenvalue weighted by Gasteiger charge is 2.40. The summed E-state index contributed by atoms with van der Waals surface area (Å²) in [7, 11) is 4.99. The Morgan fingerprint density at radius 1 is 1.36 bits per heavy atom. The van der Waals surface area contributed by atoms with Gasteiger partial charge < -0.3 is 4.52 Å². The Kier molecular flexibility index (Phi) is 6.74. The van der Waals surface area contributed by atoms with E-state index < -0.39 is 8.15 Å². The summed E-state index contributed by atoms with van der Waals surface area (Å²) < 4.78 is 6.32. The van der Waals surface area contributed by atoms with Gasteiger partial charge in [-0.1, -0.05) is 42.5 Å². The van der Waals surface area contributed by atoms with Crippen LogP contribution in [-0.4, -0.2) is 30.6 Å². The molecule has 28 heavy (non-hydrogen) atoms. The molecule has 7 heteroatoms. The summed E-state index contributed by atoms with van der Waals surface area (Å²) in [5, 5.41) is 1.09. The molecule has 2 heterocycles. The minimum Gasteiger partial charge on any atom is -0.472 e. The molecule has 0 spiro atoms. The third-order valence-electron chi connectivity index (χ3n) is 5.36. The number of allylic oxidation sites excluding steroid dienone is 1. The zero-order valence-electron chi connectivity index (χ0n) is 16.6. The third-order valence-corrected chi connectivity index (χ3v) is 7.22. The van der Waals surface area contributed by atoms with Crippen LogP contribution in [0.15, 0.2) is 24.9 Å². The van der Waals surface area contributed by atoms with Crippen LogP contribution in [0.2, 0.25) is 16.5 Å². The standard InChI is InChI=1S/C21H24BCl2N2OP/c1-13-10-18(24)26-16-6-7-21(3,14(2)19(13)16)20-17(11-15(23)12-25-20)27-28(4)9-5-8-22/h10-12H,2,5-9H2,1,3-4H3. The van der Waals surface area contributed by atoms with Crippen LogP contribution in [0.5, 0.6) is 5.75 Å². The molecule has 3 nitrogen and oxygen atoms in total. The van der Waals surface area contributed by atoms with Gasteiger partial charge >= 0.3 is 0 Å². The number of hydrogen-bond acceptors (Lipinski definition) is 3. The molecule has 0 bridgehead atoms. The third kappa shape index (κ3) is 4.25. The molecule has 3 rings (SSSR count). The summed E-state index contributed by atoms with van der Waals surface area (Å²) in [5.41, 5.74) is 4.69. The van der Waals surface area contributed by atoms with Gasteiger partial charge in [-0.15, -0.1) is 0 Å². The lowest BCUT2D eigenvalue weighted by Crippen LogP contribution is -2.31. The van der Waals surface area contributed by atoms with E-state index in [1.165, 1.54) is 0 Å². The van der Waals surface area contributed by atoms with Gasteiger partial charge in [0.05, 0.1) is 26.7 Å². The van der Waals surface area contributed by atoms with Crippen molar-refractivity contribution in [3.05, 3.63) is 57.6 Å². The summed E-state index contributed by atoms with van der Waals surface area (Å²) in [5.74, 6) is 0.741. The highest BCUT2D eigenvalue weighted by Crippen LogP contribution is 2.50. The maximum Gasteiger partial charge on any atom is 0.147 e. The quantitative estimate of drug-likeness (QED) is 0.301. The predicted octanol–water partition coefficient (Wildman–Crippen LogP) is 6.39. The van der Waals surface area contributed by atoms with Gasteiger partial charge in [0.25, 0.3) is 0 Å². The van der Waals surface area contributed by atoms with Crippen molar-refractivity contribution in [2.45, 2.75) is 44.8 Å². The number of halogens is 2. The largest absolute Gasteiger partial charge is 0.472 e. The highest BCUT2D eigenvalue weighted by molar-refractivity contribution is 7.52. The lowest BCUT2D eigenvalue weighted by molar-refractivity contribution is 0.491. The lowest BCUT2D eigenvalue weighted by atomic mass is 9.67. The molecule has 2 aromatic rings. The predicted molar refractivity (Wildman–Crippen MR) is 121 cm³/mol. The Morgan fingerprint density at radius 3 is 2.82 bits per heavy atom. The van der Waals surface area contributed by atoms with E-state index in [4.69, 9.17) is 40.6 Å². The highest BCUT2D eigenvalue weighted by atomic mass is 35.5. The van der Waals surface area contributed by atoms with Crippen molar-refractivity contribution in [2.75, 3.05) is 12.8 Å². The van der Waals surface area contributed by atoms with Crippen LogP contribution < -0.4 is 4.52 Å². The molecule has 0 aromatic carbocycles. The van der Waals surface area contributed by atoms with Gasteiger partial charge in [0.1, 0.15) is 10.9 Å². The first-order chi connectivity index (χ1) is 13.3. The molecular formula is C21H24BCl2N2OP. The smallest absolute Gasteiger partial charge is 0.147 e. The number of pyridine rings is 2. The number of aromatic nitrogens is 2. The zero-order chi connectivity index (χ0) is 20.5. The fourth-order valence-corrected chi connectivity index (χ4v) is 5.38. The van der Waals surface area contributed by atoms with Crippen molar-refractivity contribution in [3.8, 4) is 5.75 Å². The van der Waals surface area contributed by atoms with Crippen molar-refractivity contribution in [1.82, 2.24) is 9.97 Å². The van der Waals surface area contributed by atoms with Gasteiger partial charge in [0.15, 0.2) is 0 Å². The van der Waals surface area contributed by atoms with E-state index in [0.717, 1.165) is 59.3 Å². The van der Waals surface area contributed by atoms with Crippen LogP contribution in [0.1, 0.15) is 42.3 Å². The molecule has 2 unspecified atom stereocenters. The number of fused-ring (bicyclic) bond motifs is 1. The summed E-state index contributed by atoms with van der Waals surface area (Å²) in [4.78, 5) is 9.23. The summed E-state index contributed by atoms with van der Waals surface area (Å²) in [6.07, 6.45) is 5.87. The van der Waals surface area contributed by atoms with Crippen LogP contribution in [0, 0.1) is 6.92 Å². The molecule has 0 saturated heterocycles. The second-order valence-electron chi connectivity index (χ2n) is 7.48. The van der Waals surface area contributed by atoms with Gasteiger partial charge in [-0.2, -0.15) is 0 Å². The number of rotatable bonds is 6. The van der Waals surface area contributed by atoms with E-state index in [1.54, 1.807) is 6.20 Å². The molecule has 0 amide bonds. The van der Waals surface area contributed by atoms with Gasteiger partial charge in [-0.3, -0.25) is 4.98 Å². The molecule has 0 N–H and O–H groups in total. The minimum atomic E-state index is -0.650. The van der Waals surface area contributed by atoms with Crippen molar-refractivity contribution in [2.24, 2.45) is 0 Å². The maximum absolute atomic E-state index is 6.32. The van der Waals surface area contributed by atoms with Crippen molar-refractivity contribution < 1.29 is 4.52 Å². The number of aryl methyl sites for hydroxylation is 2. The Morgan fingerprint density at radius 2 is 2.11 bits per heavy atom. The van der Waals surface area contributed by atoms with Crippen molar-refractivity contribution in [3.63, 3.8) is 0 Å². The lowest BCUT2D eigenvalue weighted by Gasteiger charge is -2.38. The van der Waals surface area contributed by atoms with Gasteiger partial charge in [0.2, 0.25) is 0 Å². The van der Waals surface area contributed by atoms with Crippen LogP contribution in [-0.2, 0) is 11.8 Å². The van der Waals surface area contributed by atoms with Crippen LogP contribution in [0.25, 0.3) is 5.57 Å².